The molecule has 0 saturated carbocycles. The Morgan fingerprint density at radius 1 is 0.438 bits per heavy atom. The second-order valence-corrected chi connectivity index (χ2v) is 16.1. The van der Waals surface area contributed by atoms with E-state index in [1.807, 2.05) is 13.8 Å². The SMILES string of the molecule is CC(C)(C)c1ccc(-c2ccc(N(c3ccc(BOC(C)(C)C(C)(C)O)cc3)c3ccc(-c4ccc(C(C)(C)C)cc4)cc3)cc2)cc1. The lowest BCUT2D eigenvalue weighted by Crippen LogP contribution is -2.49. The van der Waals surface area contributed by atoms with E-state index < -0.39 is 11.2 Å². The summed E-state index contributed by atoms with van der Waals surface area (Å²) >= 11 is 0. The van der Waals surface area contributed by atoms with Crippen molar-refractivity contribution in [3.63, 3.8) is 0 Å². The van der Waals surface area contributed by atoms with Gasteiger partial charge in [-0.25, -0.2) is 0 Å². The fourth-order valence-corrected chi connectivity index (χ4v) is 5.56. The molecule has 248 valence electrons. The first kappa shape index (κ1) is 35.2. The lowest BCUT2D eigenvalue weighted by atomic mass is 9.82. The van der Waals surface area contributed by atoms with E-state index in [0.29, 0.717) is 7.48 Å². The third kappa shape index (κ3) is 8.12. The molecule has 3 nitrogen and oxygen atoms in total. The van der Waals surface area contributed by atoms with Gasteiger partial charge in [-0.15, -0.1) is 0 Å². The summed E-state index contributed by atoms with van der Waals surface area (Å²) in [7, 11) is 0.419. The maximum absolute atomic E-state index is 10.5. The maximum Gasteiger partial charge on any atom is 0.309 e. The molecule has 0 aliphatic heterocycles. The predicted molar refractivity (Wildman–Crippen MR) is 208 cm³/mol. The summed E-state index contributed by atoms with van der Waals surface area (Å²) in [5, 5.41) is 10.5. The van der Waals surface area contributed by atoms with Gasteiger partial charge in [-0.3, -0.25) is 0 Å². The van der Waals surface area contributed by atoms with Crippen LogP contribution in [0.5, 0.6) is 0 Å². The van der Waals surface area contributed by atoms with E-state index in [0.717, 1.165) is 22.5 Å². The van der Waals surface area contributed by atoms with Crippen LogP contribution in [-0.4, -0.2) is 23.8 Å². The van der Waals surface area contributed by atoms with Gasteiger partial charge in [0.05, 0.1) is 11.2 Å². The van der Waals surface area contributed by atoms with Gasteiger partial charge in [-0.1, -0.05) is 132 Å². The van der Waals surface area contributed by atoms with Crippen molar-refractivity contribution in [3.8, 4) is 22.3 Å². The monoisotopic (exact) mass is 637 g/mol. The van der Waals surface area contributed by atoms with E-state index in [1.165, 1.54) is 33.4 Å². The molecule has 0 fully saturated rings. The molecule has 48 heavy (non-hydrogen) atoms. The fraction of sp³-hybridized carbons (Fsp3) is 0.318. The minimum absolute atomic E-state index is 0.127. The van der Waals surface area contributed by atoms with Gasteiger partial charge in [0.15, 0.2) is 0 Å². The van der Waals surface area contributed by atoms with Crippen LogP contribution in [0, 0.1) is 0 Å². The second-order valence-electron chi connectivity index (χ2n) is 16.1. The lowest BCUT2D eigenvalue weighted by Gasteiger charge is -2.37. The first-order chi connectivity index (χ1) is 22.4. The highest BCUT2D eigenvalue weighted by Crippen LogP contribution is 2.37. The minimum atomic E-state index is -0.953. The third-order valence-electron chi connectivity index (χ3n) is 9.69. The van der Waals surface area contributed by atoms with Crippen molar-refractivity contribution in [1.29, 1.82) is 0 Å². The Morgan fingerprint density at radius 3 is 1.02 bits per heavy atom. The van der Waals surface area contributed by atoms with E-state index in [9.17, 15) is 5.11 Å². The summed E-state index contributed by atoms with van der Waals surface area (Å²) in [4.78, 5) is 2.30. The van der Waals surface area contributed by atoms with Crippen molar-refractivity contribution in [2.24, 2.45) is 0 Å². The number of aliphatic hydroxyl groups is 1. The van der Waals surface area contributed by atoms with Crippen LogP contribution in [0.1, 0.15) is 80.4 Å². The average molecular weight is 638 g/mol. The quantitative estimate of drug-likeness (QED) is 0.163. The van der Waals surface area contributed by atoms with Crippen LogP contribution >= 0.6 is 0 Å². The molecule has 0 aromatic heterocycles. The number of hydrogen-bond donors (Lipinski definition) is 1. The van der Waals surface area contributed by atoms with Gasteiger partial charge >= 0.3 is 7.48 Å². The van der Waals surface area contributed by atoms with Crippen molar-refractivity contribution >= 4 is 30.0 Å². The molecule has 0 bridgehead atoms. The lowest BCUT2D eigenvalue weighted by molar-refractivity contribution is -0.0893. The minimum Gasteiger partial charge on any atom is -0.427 e. The van der Waals surface area contributed by atoms with Crippen LogP contribution in [0.4, 0.5) is 17.1 Å². The van der Waals surface area contributed by atoms with Crippen molar-refractivity contribution < 1.29 is 9.76 Å². The third-order valence-corrected chi connectivity index (χ3v) is 9.69. The smallest absolute Gasteiger partial charge is 0.309 e. The van der Waals surface area contributed by atoms with E-state index in [1.54, 1.807) is 13.8 Å². The maximum atomic E-state index is 10.5. The molecule has 5 rings (SSSR count). The molecule has 0 atom stereocenters. The highest BCUT2D eigenvalue weighted by Gasteiger charge is 2.35. The summed E-state index contributed by atoms with van der Waals surface area (Å²) < 4.78 is 6.15. The standard InChI is InChI=1S/C44H52BNO2/c1-41(2,3)35-19-11-31(12-20-35)33-15-25-38(26-16-33)46(40-29-23-37(24-30-40)45-48-44(9,10)43(7,8)47)39-27-17-34(18-28-39)32-13-21-36(22-14-32)42(4,5)6/h11-30,45,47H,1-10H3. The van der Waals surface area contributed by atoms with Crippen LogP contribution < -0.4 is 10.4 Å². The second kappa shape index (κ2) is 13.4. The summed E-state index contributed by atoms with van der Waals surface area (Å²) in [6.07, 6.45) is 0. The van der Waals surface area contributed by atoms with Crippen LogP contribution in [0.15, 0.2) is 121 Å². The van der Waals surface area contributed by atoms with Crippen molar-refractivity contribution in [2.45, 2.75) is 91.3 Å². The Balaban J connectivity index is 1.46. The fourth-order valence-electron chi connectivity index (χ4n) is 5.56. The number of rotatable bonds is 9. The van der Waals surface area contributed by atoms with E-state index in [4.69, 9.17) is 4.65 Å². The molecule has 0 amide bonds. The van der Waals surface area contributed by atoms with Crippen LogP contribution in [-0.2, 0) is 15.5 Å². The molecule has 0 saturated heterocycles. The average Bonchev–Trinajstić information content (AvgIpc) is 3.04. The number of benzene rings is 5. The Hall–Kier alpha value is -4.12. The van der Waals surface area contributed by atoms with Gasteiger partial charge in [-0.05, 0) is 108 Å². The van der Waals surface area contributed by atoms with Crippen molar-refractivity contribution in [1.82, 2.24) is 0 Å². The van der Waals surface area contributed by atoms with Crippen molar-refractivity contribution in [3.05, 3.63) is 132 Å². The number of nitrogens with zero attached hydrogens (tertiary/aromatic N) is 1. The van der Waals surface area contributed by atoms with Crippen LogP contribution in [0.25, 0.3) is 22.3 Å². The summed E-state index contributed by atoms with van der Waals surface area (Å²) in [6, 6.07) is 44.0. The van der Waals surface area contributed by atoms with E-state index >= 15 is 0 Å². The number of hydrogen-bond acceptors (Lipinski definition) is 3. The highest BCUT2D eigenvalue weighted by molar-refractivity contribution is 6.47. The van der Waals surface area contributed by atoms with Crippen molar-refractivity contribution in [2.75, 3.05) is 4.90 Å². The molecule has 0 unspecified atom stereocenters. The molecular weight excluding hydrogens is 585 g/mol. The molecule has 1 N–H and O–H groups in total. The summed E-state index contributed by atoms with van der Waals surface area (Å²) in [5.74, 6) is 0. The number of anilines is 3. The predicted octanol–water partition coefficient (Wildman–Crippen LogP) is 10.6. The van der Waals surface area contributed by atoms with Gasteiger partial charge in [0, 0.05) is 17.1 Å². The van der Waals surface area contributed by atoms with Gasteiger partial charge in [0.1, 0.15) is 0 Å². The molecule has 4 heteroatoms. The zero-order chi connectivity index (χ0) is 34.9. The van der Waals surface area contributed by atoms with Crippen LogP contribution in [0.3, 0.4) is 0 Å². The largest absolute Gasteiger partial charge is 0.427 e. The molecule has 0 heterocycles. The molecule has 5 aromatic carbocycles. The first-order valence-corrected chi connectivity index (χ1v) is 17.1. The normalized spacial score (nSPS) is 12.6. The molecule has 0 aliphatic rings. The summed E-state index contributed by atoms with van der Waals surface area (Å²) in [5.41, 5.74) is 10.4. The first-order valence-electron chi connectivity index (χ1n) is 17.1. The molecule has 0 aliphatic carbocycles. The Bertz CT molecular complexity index is 1680. The van der Waals surface area contributed by atoms with Gasteiger partial charge < -0.3 is 14.7 Å². The Kier molecular flexibility index (Phi) is 9.84. The summed E-state index contributed by atoms with van der Waals surface area (Å²) in [6.45, 7) is 20.9. The highest BCUT2D eigenvalue weighted by atomic mass is 16.5. The molecule has 0 spiro atoms. The van der Waals surface area contributed by atoms with Crippen LogP contribution in [0.2, 0.25) is 0 Å². The Morgan fingerprint density at radius 2 is 0.729 bits per heavy atom. The van der Waals surface area contributed by atoms with Gasteiger partial charge in [0.25, 0.3) is 0 Å². The van der Waals surface area contributed by atoms with E-state index in [2.05, 4.69) is 168 Å². The van der Waals surface area contributed by atoms with Gasteiger partial charge in [-0.2, -0.15) is 0 Å². The topological polar surface area (TPSA) is 32.7 Å². The molecule has 5 aromatic rings. The molecular formula is C44H52BNO2. The Labute approximate surface area is 289 Å². The molecule has 0 radical (unpaired) electrons. The zero-order valence-electron chi connectivity index (χ0n) is 30.6. The zero-order valence-corrected chi connectivity index (χ0v) is 30.6. The van der Waals surface area contributed by atoms with Gasteiger partial charge in [0.2, 0.25) is 0 Å². The van der Waals surface area contributed by atoms with E-state index in [-0.39, 0.29) is 10.8 Å².